The Morgan fingerprint density at radius 2 is 1.61 bits per heavy atom. The van der Waals surface area contributed by atoms with Gasteiger partial charge in [-0.05, 0) is 6.26 Å². The first-order valence-electron chi connectivity index (χ1n) is 7.11. The van der Waals surface area contributed by atoms with Gasteiger partial charge in [-0.15, -0.1) is 11.8 Å². The highest BCUT2D eigenvalue weighted by atomic mass is 32.2. The van der Waals surface area contributed by atoms with Gasteiger partial charge in [-0.1, -0.05) is 37.3 Å². The summed E-state index contributed by atoms with van der Waals surface area (Å²) in [6.45, 7) is 4.63. The van der Waals surface area contributed by atoms with Crippen LogP contribution in [-0.2, 0) is 19.1 Å². The number of cyclic esters (lactones) is 2. The van der Waals surface area contributed by atoms with Gasteiger partial charge in [0.05, 0.1) is 5.92 Å². The Balaban J connectivity index is 2.40. The fourth-order valence-corrected chi connectivity index (χ4v) is 3.15. The first-order chi connectivity index (χ1) is 10.8. The highest BCUT2D eigenvalue weighted by Crippen LogP contribution is 2.33. The zero-order valence-electron chi connectivity index (χ0n) is 13.4. The number of ketones is 1. The fourth-order valence-electron chi connectivity index (χ4n) is 2.32. The van der Waals surface area contributed by atoms with Gasteiger partial charge in [0.2, 0.25) is 0 Å². The summed E-state index contributed by atoms with van der Waals surface area (Å²) >= 11 is 1.17. The average Bonchev–Trinajstić information content (AvgIpc) is 2.49. The molecule has 0 amide bonds. The van der Waals surface area contributed by atoms with E-state index in [0.717, 1.165) is 0 Å². The Morgan fingerprint density at radius 3 is 2.09 bits per heavy atom. The van der Waals surface area contributed by atoms with Crippen LogP contribution in [0.15, 0.2) is 40.8 Å². The van der Waals surface area contributed by atoms with Crippen molar-refractivity contribution in [2.45, 2.75) is 26.6 Å². The van der Waals surface area contributed by atoms with Crippen molar-refractivity contribution in [3.8, 4) is 0 Å². The molecule has 0 radical (unpaired) electrons. The van der Waals surface area contributed by atoms with Gasteiger partial charge in [0.25, 0.3) is 5.79 Å². The number of hydrogen-bond donors (Lipinski definition) is 0. The molecule has 1 aromatic carbocycles. The SMILES string of the molecule is CSC(=C1C(=O)OC(C)(C)OC1=O)[C@H](C)C(=O)c1ccccc1. The molecular weight excluding hydrogens is 316 g/mol. The number of esters is 2. The topological polar surface area (TPSA) is 69.7 Å². The molecule has 1 aliphatic heterocycles. The molecule has 1 saturated heterocycles. The Hall–Kier alpha value is -2.08. The molecule has 1 heterocycles. The summed E-state index contributed by atoms with van der Waals surface area (Å²) in [4.78, 5) is 37.3. The summed E-state index contributed by atoms with van der Waals surface area (Å²) in [5.41, 5.74) is 0.318. The Kier molecular flexibility index (Phi) is 4.94. The molecule has 0 aromatic heterocycles. The van der Waals surface area contributed by atoms with Gasteiger partial charge in [-0.2, -0.15) is 0 Å². The predicted octanol–water partition coefficient (Wildman–Crippen LogP) is 2.96. The van der Waals surface area contributed by atoms with Crippen molar-refractivity contribution in [2.75, 3.05) is 6.26 Å². The van der Waals surface area contributed by atoms with E-state index in [4.69, 9.17) is 9.47 Å². The van der Waals surface area contributed by atoms with Gasteiger partial charge in [0.15, 0.2) is 11.4 Å². The van der Waals surface area contributed by atoms with Crippen molar-refractivity contribution in [1.82, 2.24) is 0 Å². The number of ether oxygens (including phenoxy) is 2. The lowest BCUT2D eigenvalue weighted by Crippen LogP contribution is -2.42. The van der Waals surface area contributed by atoms with Crippen LogP contribution in [0.1, 0.15) is 31.1 Å². The first-order valence-corrected chi connectivity index (χ1v) is 8.33. The molecule has 0 bridgehead atoms. The molecule has 1 aliphatic rings. The molecule has 2 rings (SSSR count). The van der Waals surface area contributed by atoms with E-state index in [1.165, 1.54) is 25.6 Å². The molecule has 122 valence electrons. The molecule has 6 heteroatoms. The maximum atomic E-state index is 12.6. The Labute approximate surface area is 139 Å². The van der Waals surface area contributed by atoms with E-state index in [-0.39, 0.29) is 11.4 Å². The molecule has 23 heavy (non-hydrogen) atoms. The number of hydrogen-bond acceptors (Lipinski definition) is 6. The summed E-state index contributed by atoms with van der Waals surface area (Å²) < 4.78 is 10.2. The standard InChI is InChI=1S/C17H18O5S/c1-10(13(18)11-8-6-5-7-9-11)14(23-4)12-15(19)21-17(2,3)22-16(12)20/h5-10H,1-4H3/t10-/m1/s1. The van der Waals surface area contributed by atoms with E-state index in [0.29, 0.717) is 10.5 Å². The lowest BCUT2D eigenvalue weighted by Gasteiger charge is -2.31. The normalized spacial score (nSPS) is 18.0. The first kappa shape index (κ1) is 17.3. The maximum Gasteiger partial charge on any atom is 0.349 e. The van der Waals surface area contributed by atoms with Crippen LogP contribution in [0.5, 0.6) is 0 Å². The van der Waals surface area contributed by atoms with Crippen LogP contribution < -0.4 is 0 Å². The van der Waals surface area contributed by atoms with Crippen molar-refractivity contribution in [2.24, 2.45) is 5.92 Å². The van der Waals surface area contributed by atoms with Crippen molar-refractivity contribution < 1.29 is 23.9 Å². The minimum atomic E-state index is -1.30. The second kappa shape index (κ2) is 6.58. The number of carbonyl (C=O) groups is 3. The minimum Gasteiger partial charge on any atom is -0.419 e. The second-order valence-corrected chi connectivity index (χ2v) is 6.42. The third-order valence-corrected chi connectivity index (χ3v) is 4.39. The third-order valence-electron chi connectivity index (χ3n) is 3.40. The average molecular weight is 334 g/mol. The molecule has 1 atom stereocenters. The molecule has 0 unspecified atom stereocenters. The number of carbonyl (C=O) groups excluding carboxylic acids is 3. The second-order valence-electron chi connectivity index (χ2n) is 5.57. The van der Waals surface area contributed by atoms with E-state index in [1.54, 1.807) is 37.4 Å². The summed E-state index contributed by atoms with van der Waals surface area (Å²) in [6, 6.07) is 8.73. The molecule has 0 saturated carbocycles. The molecule has 1 aromatic rings. The predicted molar refractivity (Wildman–Crippen MR) is 86.7 cm³/mol. The third kappa shape index (κ3) is 3.64. The van der Waals surface area contributed by atoms with Crippen molar-refractivity contribution in [3.05, 3.63) is 46.4 Å². The van der Waals surface area contributed by atoms with Gasteiger partial charge in [0, 0.05) is 24.3 Å². The van der Waals surface area contributed by atoms with E-state index in [1.807, 2.05) is 6.07 Å². The minimum absolute atomic E-state index is 0.173. The molecule has 0 N–H and O–H groups in total. The van der Waals surface area contributed by atoms with Crippen LogP contribution in [0.25, 0.3) is 0 Å². The van der Waals surface area contributed by atoms with Gasteiger partial charge < -0.3 is 9.47 Å². The monoisotopic (exact) mass is 334 g/mol. The quantitative estimate of drug-likeness (QED) is 0.365. The largest absolute Gasteiger partial charge is 0.419 e. The summed E-state index contributed by atoms with van der Waals surface area (Å²) in [6.07, 6.45) is 1.71. The number of allylic oxidation sites excluding steroid dienone is 1. The summed E-state index contributed by atoms with van der Waals surface area (Å²) in [5.74, 6) is -3.64. The van der Waals surface area contributed by atoms with Crippen molar-refractivity contribution in [1.29, 1.82) is 0 Å². The van der Waals surface area contributed by atoms with Crippen LogP contribution in [-0.4, -0.2) is 29.8 Å². The highest BCUT2D eigenvalue weighted by molar-refractivity contribution is 8.02. The van der Waals surface area contributed by atoms with Gasteiger partial charge in [0.1, 0.15) is 0 Å². The smallest absolute Gasteiger partial charge is 0.349 e. The summed E-state index contributed by atoms with van der Waals surface area (Å²) in [5, 5.41) is 0. The van der Waals surface area contributed by atoms with Crippen LogP contribution in [0.4, 0.5) is 0 Å². The Bertz CT molecular complexity index is 653. The van der Waals surface area contributed by atoms with Crippen molar-refractivity contribution >= 4 is 29.5 Å². The molecule has 1 fully saturated rings. The highest BCUT2D eigenvalue weighted by Gasteiger charge is 2.42. The van der Waals surface area contributed by atoms with Crippen LogP contribution in [0, 0.1) is 5.92 Å². The van der Waals surface area contributed by atoms with Crippen LogP contribution >= 0.6 is 11.8 Å². The zero-order valence-corrected chi connectivity index (χ0v) is 14.2. The molecule has 5 nitrogen and oxygen atoms in total. The maximum absolute atomic E-state index is 12.6. The Morgan fingerprint density at radius 1 is 1.09 bits per heavy atom. The van der Waals surface area contributed by atoms with Crippen LogP contribution in [0.3, 0.4) is 0 Å². The molecule has 0 spiro atoms. The number of benzene rings is 1. The number of rotatable bonds is 4. The lowest BCUT2D eigenvalue weighted by molar-refractivity contribution is -0.222. The number of Topliss-reactive ketones (excluding diaryl/α,β-unsaturated/α-hetero) is 1. The molecule has 0 aliphatic carbocycles. The van der Waals surface area contributed by atoms with E-state index in [9.17, 15) is 14.4 Å². The van der Waals surface area contributed by atoms with E-state index < -0.39 is 23.6 Å². The van der Waals surface area contributed by atoms with E-state index in [2.05, 4.69) is 0 Å². The van der Waals surface area contributed by atoms with E-state index >= 15 is 0 Å². The van der Waals surface area contributed by atoms with Crippen molar-refractivity contribution in [3.63, 3.8) is 0 Å². The zero-order chi connectivity index (χ0) is 17.2. The van der Waals surface area contributed by atoms with Gasteiger partial charge >= 0.3 is 11.9 Å². The molecular formula is C17H18O5S. The fraction of sp³-hybridized carbons (Fsp3) is 0.353. The lowest BCUT2D eigenvalue weighted by atomic mass is 9.96. The van der Waals surface area contributed by atoms with Gasteiger partial charge in [-0.25, -0.2) is 9.59 Å². The summed E-state index contributed by atoms with van der Waals surface area (Å²) in [7, 11) is 0. The van der Waals surface area contributed by atoms with Crippen LogP contribution in [0.2, 0.25) is 0 Å². The number of thioether (sulfide) groups is 1. The van der Waals surface area contributed by atoms with Gasteiger partial charge in [-0.3, -0.25) is 4.79 Å².